The first-order chi connectivity index (χ1) is 9.06. The first-order valence-corrected chi connectivity index (χ1v) is 6.57. The van der Waals surface area contributed by atoms with Gasteiger partial charge < -0.3 is 15.5 Å². The Balaban J connectivity index is 1.91. The van der Waals surface area contributed by atoms with Crippen molar-refractivity contribution < 1.29 is 15.0 Å². The highest BCUT2D eigenvalue weighted by Gasteiger charge is 2.15. The number of rotatable bonds is 4. The van der Waals surface area contributed by atoms with E-state index < -0.39 is 0 Å². The summed E-state index contributed by atoms with van der Waals surface area (Å²) in [6.45, 7) is 1.93. The Morgan fingerprint density at radius 3 is 2.79 bits per heavy atom. The smallest absolute Gasteiger partial charge is 0.247 e. The number of phenols is 2. The Labute approximate surface area is 112 Å². The molecule has 0 heterocycles. The second kappa shape index (κ2) is 5.78. The molecular formula is C15H19NO3. The summed E-state index contributed by atoms with van der Waals surface area (Å²) in [4.78, 5) is 11.9. The van der Waals surface area contributed by atoms with E-state index in [0.29, 0.717) is 6.42 Å². The highest BCUT2D eigenvalue weighted by Crippen LogP contribution is 2.25. The van der Waals surface area contributed by atoms with Gasteiger partial charge in [-0.2, -0.15) is 0 Å². The van der Waals surface area contributed by atoms with Crippen LogP contribution in [0.4, 0.5) is 0 Å². The van der Waals surface area contributed by atoms with Gasteiger partial charge in [0.2, 0.25) is 5.91 Å². The molecule has 0 aliphatic heterocycles. The fraction of sp³-hybridized carbons (Fsp3) is 0.400. The van der Waals surface area contributed by atoms with Crippen molar-refractivity contribution in [2.24, 2.45) is 0 Å². The Hall–Kier alpha value is -1.97. The maximum absolute atomic E-state index is 11.9. The summed E-state index contributed by atoms with van der Waals surface area (Å²) in [6, 6.07) is 4.70. The zero-order chi connectivity index (χ0) is 13.8. The van der Waals surface area contributed by atoms with Crippen LogP contribution in [0.2, 0.25) is 0 Å². The number of aromatic hydroxyl groups is 2. The van der Waals surface area contributed by atoms with Crippen molar-refractivity contribution in [2.45, 2.75) is 38.6 Å². The van der Waals surface area contributed by atoms with Crippen LogP contribution in [0, 0.1) is 0 Å². The van der Waals surface area contributed by atoms with Crippen LogP contribution in [0.3, 0.4) is 0 Å². The van der Waals surface area contributed by atoms with Gasteiger partial charge in [0.05, 0.1) is 0 Å². The molecule has 19 heavy (non-hydrogen) atoms. The third-order valence-corrected chi connectivity index (χ3v) is 3.29. The number of hydrogen-bond donors (Lipinski definition) is 3. The largest absolute Gasteiger partial charge is 0.504 e. The molecule has 1 aliphatic rings. The number of benzene rings is 1. The lowest BCUT2D eigenvalue weighted by Gasteiger charge is -2.14. The third kappa shape index (κ3) is 3.50. The summed E-state index contributed by atoms with van der Waals surface area (Å²) in [5.41, 5.74) is 1.75. The molecule has 0 unspecified atom stereocenters. The third-order valence-electron chi connectivity index (χ3n) is 3.29. The van der Waals surface area contributed by atoms with E-state index in [2.05, 4.69) is 5.32 Å². The van der Waals surface area contributed by atoms with Crippen LogP contribution < -0.4 is 5.32 Å². The van der Waals surface area contributed by atoms with Gasteiger partial charge >= 0.3 is 0 Å². The van der Waals surface area contributed by atoms with E-state index in [-0.39, 0.29) is 23.4 Å². The minimum absolute atomic E-state index is 0.00741. The second-order valence-corrected chi connectivity index (χ2v) is 5.02. The van der Waals surface area contributed by atoms with Crippen molar-refractivity contribution in [3.05, 3.63) is 35.4 Å². The van der Waals surface area contributed by atoms with Gasteiger partial charge in [0.25, 0.3) is 0 Å². The maximum Gasteiger partial charge on any atom is 0.247 e. The Kier molecular flexibility index (Phi) is 4.10. The normalized spacial score (nSPS) is 15.9. The highest BCUT2D eigenvalue weighted by molar-refractivity contribution is 5.93. The molecule has 1 aliphatic carbocycles. The molecule has 0 aromatic heterocycles. The number of allylic oxidation sites excluding steroid dienone is 1. The molecule has 102 valence electrons. The van der Waals surface area contributed by atoms with Crippen molar-refractivity contribution in [2.75, 3.05) is 0 Å². The SMILES string of the molecule is C[C@@H](Cc1ccc(O)c(O)c1)NC(=O)C1=CCCC1. The van der Waals surface area contributed by atoms with E-state index in [1.165, 1.54) is 12.1 Å². The number of carbonyl (C=O) groups is 1. The van der Waals surface area contributed by atoms with Gasteiger partial charge in [-0.05, 0) is 50.3 Å². The summed E-state index contributed by atoms with van der Waals surface area (Å²) in [6.07, 6.45) is 5.52. The minimum atomic E-state index is -0.130. The van der Waals surface area contributed by atoms with Crippen molar-refractivity contribution in [3.8, 4) is 11.5 Å². The van der Waals surface area contributed by atoms with Crippen molar-refractivity contribution in [1.29, 1.82) is 0 Å². The zero-order valence-corrected chi connectivity index (χ0v) is 11.0. The maximum atomic E-state index is 11.9. The van der Waals surface area contributed by atoms with Gasteiger partial charge in [-0.15, -0.1) is 0 Å². The summed E-state index contributed by atoms with van der Waals surface area (Å²) in [5.74, 6) is -0.251. The second-order valence-electron chi connectivity index (χ2n) is 5.02. The predicted molar refractivity (Wildman–Crippen MR) is 73.0 cm³/mol. The van der Waals surface area contributed by atoms with Gasteiger partial charge in [-0.25, -0.2) is 0 Å². The summed E-state index contributed by atoms with van der Waals surface area (Å²) in [7, 11) is 0. The monoisotopic (exact) mass is 261 g/mol. The van der Waals surface area contributed by atoms with Crippen LogP contribution in [-0.2, 0) is 11.2 Å². The van der Waals surface area contributed by atoms with E-state index >= 15 is 0 Å². The van der Waals surface area contributed by atoms with Crippen LogP contribution in [0.5, 0.6) is 11.5 Å². The standard InChI is InChI=1S/C15H19NO3/c1-10(16-15(19)12-4-2-3-5-12)8-11-6-7-13(17)14(18)9-11/h4,6-7,9-10,17-18H,2-3,5,8H2,1H3,(H,16,19)/t10-/m0/s1. The Morgan fingerprint density at radius 2 is 2.16 bits per heavy atom. The number of amides is 1. The van der Waals surface area contributed by atoms with E-state index in [4.69, 9.17) is 0 Å². The van der Waals surface area contributed by atoms with Gasteiger partial charge in [0.1, 0.15) is 0 Å². The molecule has 1 aromatic carbocycles. The quantitative estimate of drug-likeness (QED) is 0.728. The van der Waals surface area contributed by atoms with E-state index in [1.807, 2.05) is 13.0 Å². The molecule has 0 spiro atoms. The molecule has 4 heteroatoms. The van der Waals surface area contributed by atoms with Crippen LogP contribution >= 0.6 is 0 Å². The molecule has 0 saturated carbocycles. The first-order valence-electron chi connectivity index (χ1n) is 6.57. The van der Waals surface area contributed by atoms with Crippen LogP contribution in [0.15, 0.2) is 29.8 Å². The lowest BCUT2D eigenvalue weighted by Crippen LogP contribution is -2.34. The molecule has 1 atom stereocenters. The molecular weight excluding hydrogens is 242 g/mol. The molecule has 0 radical (unpaired) electrons. The predicted octanol–water partition coefficient (Wildman–Crippen LogP) is 2.26. The fourth-order valence-electron chi connectivity index (χ4n) is 2.29. The number of nitrogens with one attached hydrogen (secondary N) is 1. The molecule has 2 rings (SSSR count). The van der Waals surface area contributed by atoms with Crippen LogP contribution in [-0.4, -0.2) is 22.2 Å². The van der Waals surface area contributed by atoms with Crippen molar-refractivity contribution in [1.82, 2.24) is 5.32 Å². The van der Waals surface area contributed by atoms with Crippen molar-refractivity contribution in [3.63, 3.8) is 0 Å². The van der Waals surface area contributed by atoms with Gasteiger partial charge in [-0.3, -0.25) is 4.79 Å². The van der Waals surface area contributed by atoms with Crippen LogP contribution in [0.1, 0.15) is 31.7 Å². The highest BCUT2D eigenvalue weighted by atomic mass is 16.3. The number of hydrogen-bond acceptors (Lipinski definition) is 3. The molecule has 3 N–H and O–H groups in total. The molecule has 0 fully saturated rings. The van der Waals surface area contributed by atoms with E-state index in [1.54, 1.807) is 6.07 Å². The molecule has 1 amide bonds. The summed E-state index contributed by atoms with van der Waals surface area (Å²) >= 11 is 0. The zero-order valence-electron chi connectivity index (χ0n) is 11.0. The Morgan fingerprint density at radius 1 is 1.37 bits per heavy atom. The number of phenolic OH excluding ortho intramolecular Hbond substituents is 2. The fourth-order valence-corrected chi connectivity index (χ4v) is 2.29. The average Bonchev–Trinajstić information content (AvgIpc) is 2.87. The topological polar surface area (TPSA) is 69.6 Å². The summed E-state index contributed by atoms with van der Waals surface area (Å²) in [5, 5.41) is 21.6. The molecule has 1 aromatic rings. The van der Waals surface area contributed by atoms with Crippen LogP contribution in [0.25, 0.3) is 0 Å². The van der Waals surface area contributed by atoms with Gasteiger partial charge in [0, 0.05) is 11.6 Å². The van der Waals surface area contributed by atoms with E-state index in [0.717, 1.165) is 30.4 Å². The summed E-state index contributed by atoms with van der Waals surface area (Å²) < 4.78 is 0. The number of carbonyl (C=O) groups excluding carboxylic acids is 1. The van der Waals surface area contributed by atoms with Gasteiger partial charge in [0.15, 0.2) is 11.5 Å². The first kappa shape index (κ1) is 13.5. The van der Waals surface area contributed by atoms with Crippen molar-refractivity contribution >= 4 is 5.91 Å². The lowest BCUT2D eigenvalue weighted by atomic mass is 10.1. The molecule has 0 bridgehead atoms. The average molecular weight is 261 g/mol. The lowest BCUT2D eigenvalue weighted by molar-refractivity contribution is -0.118. The minimum Gasteiger partial charge on any atom is -0.504 e. The van der Waals surface area contributed by atoms with E-state index in [9.17, 15) is 15.0 Å². The van der Waals surface area contributed by atoms with Gasteiger partial charge in [-0.1, -0.05) is 12.1 Å². The molecule has 4 nitrogen and oxygen atoms in total. The molecule has 0 saturated heterocycles. The Bertz CT molecular complexity index is 508.